The van der Waals surface area contributed by atoms with Gasteiger partial charge in [-0.3, -0.25) is 0 Å². The molecular weight excluding hydrogens is 391 g/mol. The molecule has 0 unspecified atom stereocenters. The number of nitrogens with one attached hydrogen (secondary N) is 1. The summed E-state index contributed by atoms with van der Waals surface area (Å²) in [6.07, 6.45) is 0. The maximum absolute atomic E-state index is 6.19. The average Bonchev–Trinajstić information content (AvgIpc) is 2.80. The third-order valence-corrected chi connectivity index (χ3v) is 4.72. The van der Waals surface area contributed by atoms with Crippen molar-refractivity contribution in [1.29, 1.82) is 0 Å². The summed E-state index contributed by atoms with van der Waals surface area (Å²) in [5, 5.41) is 5.14. The molecule has 1 N–H and O–H groups in total. The van der Waals surface area contributed by atoms with Crippen molar-refractivity contribution < 1.29 is 0 Å². The fraction of sp³-hybridized carbons (Fsp3) is 0.0714. The minimum absolute atomic E-state index is 0.694. The van der Waals surface area contributed by atoms with Crippen molar-refractivity contribution in [1.82, 2.24) is 4.98 Å². The number of hydrogen-bond donors (Lipinski definition) is 1. The van der Waals surface area contributed by atoms with Crippen LogP contribution in [0.1, 0.15) is 5.01 Å². The lowest BCUT2D eigenvalue weighted by Gasteiger charge is -2.06. The van der Waals surface area contributed by atoms with Crippen LogP contribution in [0.15, 0.2) is 42.5 Å². The third kappa shape index (κ3) is 3.01. The van der Waals surface area contributed by atoms with Gasteiger partial charge in [-0.1, -0.05) is 23.7 Å². The molecule has 1 aromatic heterocycles. The van der Waals surface area contributed by atoms with E-state index in [1.54, 1.807) is 11.3 Å². The number of nitrogens with zero attached hydrogens (tertiary/aromatic N) is 1. The summed E-state index contributed by atoms with van der Waals surface area (Å²) < 4.78 is 2.35. The predicted octanol–water partition coefficient (Wildman–Crippen LogP) is 5.17. The molecule has 0 fully saturated rings. The molecule has 96 valence electrons. The maximum atomic E-state index is 6.19. The largest absolute Gasteiger partial charge is 0.377 e. The fourth-order valence-corrected chi connectivity index (χ4v) is 3.63. The van der Waals surface area contributed by atoms with E-state index in [1.165, 1.54) is 4.70 Å². The summed E-state index contributed by atoms with van der Waals surface area (Å²) in [6, 6.07) is 14.2. The molecule has 0 amide bonds. The van der Waals surface area contributed by atoms with Gasteiger partial charge in [-0.15, -0.1) is 11.3 Å². The Morgan fingerprint density at radius 2 is 2.05 bits per heavy atom. The molecule has 19 heavy (non-hydrogen) atoms. The Hall–Kier alpha value is -0.850. The second kappa shape index (κ2) is 5.64. The first kappa shape index (κ1) is 13.1. The second-order valence-corrected chi connectivity index (χ2v) is 6.82. The monoisotopic (exact) mass is 400 g/mol. The normalized spacial score (nSPS) is 10.8. The fourth-order valence-electron chi connectivity index (χ4n) is 1.80. The van der Waals surface area contributed by atoms with Crippen molar-refractivity contribution >= 4 is 61.4 Å². The average molecular weight is 401 g/mol. The SMILES string of the molecule is Clc1cc(I)ccc1NCc1nc2ccccc2s1. The quantitative estimate of drug-likeness (QED) is 0.614. The summed E-state index contributed by atoms with van der Waals surface area (Å²) in [4.78, 5) is 4.59. The number of benzene rings is 2. The van der Waals surface area contributed by atoms with Crippen LogP contribution >= 0.6 is 45.5 Å². The summed E-state index contributed by atoms with van der Waals surface area (Å²) in [7, 11) is 0. The second-order valence-electron chi connectivity index (χ2n) is 4.05. The van der Waals surface area contributed by atoms with Gasteiger partial charge in [0.2, 0.25) is 0 Å². The van der Waals surface area contributed by atoms with Crippen LogP contribution in [0.5, 0.6) is 0 Å². The molecular formula is C14H10ClIN2S. The van der Waals surface area contributed by atoms with E-state index in [4.69, 9.17) is 11.6 Å². The third-order valence-electron chi connectivity index (χ3n) is 2.70. The summed E-state index contributed by atoms with van der Waals surface area (Å²) in [5.41, 5.74) is 2.00. The van der Waals surface area contributed by atoms with E-state index < -0.39 is 0 Å². The molecule has 0 aliphatic carbocycles. The van der Waals surface area contributed by atoms with Gasteiger partial charge in [0.1, 0.15) is 5.01 Å². The van der Waals surface area contributed by atoms with Crippen molar-refractivity contribution in [3.63, 3.8) is 0 Å². The molecule has 0 saturated heterocycles. The lowest BCUT2D eigenvalue weighted by molar-refractivity contribution is 1.12. The maximum Gasteiger partial charge on any atom is 0.113 e. The zero-order chi connectivity index (χ0) is 13.2. The Morgan fingerprint density at radius 1 is 1.21 bits per heavy atom. The molecule has 0 saturated carbocycles. The standard InChI is InChI=1S/C14H10ClIN2S/c15-10-7-9(16)5-6-11(10)17-8-14-18-12-3-1-2-4-13(12)19-14/h1-7,17H,8H2. The Balaban J connectivity index is 1.78. The molecule has 1 heterocycles. The van der Waals surface area contributed by atoms with Crippen LogP contribution in [-0.4, -0.2) is 4.98 Å². The Labute approximate surface area is 134 Å². The number of thiazole rings is 1. The molecule has 0 aliphatic heterocycles. The molecule has 3 aromatic rings. The summed E-state index contributed by atoms with van der Waals surface area (Å²) in [6.45, 7) is 0.694. The Morgan fingerprint density at radius 3 is 2.84 bits per heavy atom. The van der Waals surface area contributed by atoms with Gasteiger partial charge in [-0.05, 0) is 52.9 Å². The van der Waals surface area contributed by atoms with Crippen molar-refractivity contribution in [3.8, 4) is 0 Å². The van der Waals surface area contributed by atoms with E-state index >= 15 is 0 Å². The molecule has 0 spiro atoms. The highest BCUT2D eigenvalue weighted by molar-refractivity contribution is 14.1. The van der Waals surface area contributed by atoms with Gasteiger partial charge in [-0.25, -0.2) is 4.98 Å². The number of aromatic nitrogens is 1. The predicted molar refractivity (Wildman–Crippen MR) is 91.1 cm³/mol. The lowest BCUT2D eigenvalue weighted by Crippen LogP contribution is -1.99. The van der Waals surface area contributed by atoms with Gasteiger partial charge in [0.25, 0.3) is 0 Å². The van der Waals surface area contributed by atoms with Crippen LogP contribution in [-0.2, 0) is 6.54 Å². The number of hydrogen-bond acceptors (Lipinski definition) is 3. The lowest BCUT2D eigenvalue weighted by atomic mass is 10.3. The van der Waals surface area contributed by atoms with Gasteiger partial charge in [-0.2, -0.15) is 0 Å². The summed E-state index contributed by atoms with van der Waals surface area (Å²) in [5.74, 6) is 0. The van der Waals surface area contributed by atoms with Crippen LogP contribution in [0.4, 0.5) is 5.69 Å². The summed E-state index contributed by atoms with van der Waals surface area (Å²) >= 11 is 10.1. The van der Waals surface area contributed by atoms with Crippen LogP contribution in [0.25, 0.3) is 10.2 Å². The first-order valence-electron chi connectivity index (χ1n) is 5.76. The molecule has 0 bridgehead atoms. The van der Waals surface area contributed by atoms with Crippen molar-refractivity contribution in [2.24, 2.45) is 0 Å². The van der Waals surface area contributed by atoms with Crippen molar-refractivity contribution in [3.05, 3.63) is 56.1 Å². The van der Waals surface area contributed by atoms with E-state index in [-0.39, 0.29) is 0 Å². The zero-order valence-corrected chi connectivity index (χ0v) is 13.6. The molecule has 0 aliphatic rings. The smallest absolute Gasteiger partial charge is 0.113 e. The van der Waals surface area contributed by atoms with Gasteiger partial charge >= 0.3 is 0 Å². The molecule has 0 atom stereocenters. The first-order chi connectivity index (χ1) is 9.22. The molecule has 2 aromatic carbocycles. The van der Waals surface area contributed by atoms with Crippen LogP contribution < -0.4 is 5.32 Å². The van der Waals surface area contributed by atoms with E-state index in [2.05, 4.69) is 39.0 Å². The highest BCUT2D eigenvalue weighted by Gasteiger charge is 2.04. The van der Waals surface area contributed by atoms with Crippen molar-refractivity contribution in [2.45, 2.75) is 6.54 Å². The van der Waals surface area contributed by atoms with Crippen LogP contribution in [0.2, 0.25) is 5.02 Å². The van der Waals surface area contributed by atoms with Gasteiger partial charge < -0.3 is 5.32 Å². The number of fused-ring (bicyclic) bond motifs is 1. The van der Waals surface area contributed by atoms with Gasteiger partial charge in [0.05, 0.1) is 27.5 Å². The first-order valence-corrected chi connectivity index (χ1v) is 8.03. The van der Waals surface area contributed by atoms with Crippen LogP contribution in [0.3, 0.4) is 0 Å². The van der Waals surface area contributed by atoms with Crippen LogP contribution in [0, 0.1) is 3.57 Å². The Bertz CT molecular complexity index is 693. The van der Waals surface area contributed by atoms with Gasteiger partial charge in [0.15, 0.2) is 0 Å². The van der Waals surface area contributed by atoms with E-state index in [0.29, 0.717) is 6.54 Å². The minimum atomic E-state index is 0.694. The number of anilines is 1. The number of halogens is 2. The minimum Gasteiger partial charge on any atom is -0.377 e. The highest BCUT2D eigenvalue weighted by Crippen LogP contribution is 2.26. The van der Waals surface area contributed by atoms with Crippen molar-refractivity contribution in [2.75, 3.05) is 5.32 Å². The van der Waals surface area contributed by atoms with E-state index in [9.17, 15) is 0 Å². The molecule has 0 radical (unpaired) electrons. The number of para-hydroxylation sites is 1. The highest BCUT2D eigenvalue weighted by atomic mass is 127. The topological polar surface area (TPSA) is 24.9 Å². The molecule has 3 rings (SSSR count). The zero-order valence-electron chi connectivity index (χ0n) is 9.86. The molecule has 5 heteroatoms. The Kier molecular flexibility index (Phi) is 3.91. The van der Waals surface area contributed by atoms with E-state index in [0.717, 1.165) is 24.8 Å². The number of rotatable bonds is 3. The van der Waals surface area contributed by atoms with Gasteiger partial charge in [0, 0.05) is 3.57 Å². The molecule has 2 nitrogen and oxygen atoms in total. The van der Waals surface area contributed by atoms with E-state index in [1.807, 2.05) is 36.4 Å².